The number of hydrogen-bond donors (Lipinski definition) is 1. The van der Waals surface area contributed by atoms with Gasteiger partial charge in [0, 0.05) is 5.56 Å². The molecular formula is C16H14N2O2. The van der Waals surface area contributed by atoms with E-state index in [2.05, 4.69) is 10.2 Å². The summed E-state index contributed by atoms with van der Waals surface area (Å²) in [4.78, 5) is 12.1. The predicted molar refractivity (Wildman–Crippen MR) is 77.2 cm³/mol. The molecule has 0 unspecified atom stereocenters. The number of carbonyl (C=O) groups is 1. The molecule has 0 spiro atoms. The maximum absolute atomic E-state index is 12.1. The smallest absolute Gasteiger partial charge is 0.216 e. The molecule has 0 amide bonds. The molecule has 0 fully saturated rings. The molecule has 4 heteroatoms. The molecule has 0 aliphatic carbocycles. The van der Waals surface area contributed by atoms with Gasteiger partial charge in [-0.15, -0.1) is 5.11 Å². The van der Waals surface area contributed by atoms with Crippen LogP contribution in [0.5, 0.6) is 0 Å². The quantitative estimate of drug-likeness (QED) is 0.387. The second-order valence-corrected chi connectivity index (χ2v) is 4.25. The zero-order chi connectivity index (χ0) is 14.4. The first-order valence-corrected chi connectivity index (χ1v) is 6.13. The van der Waals surface area contributed by atoms with Crippen LogP contribution in [0.15, 0.2) is 76.8 Å². The second-order valence-electron chi connectivity index (χ2n) is 4.25. The van der Waals surface area contributed by atoms with Crippen LogP contribution >= 0.6 is 0 Å². The largest absolute Gasteiger partial charge is 0.513 e. The molecule has 0 aliphatic rings. The van der Waals surface area contributed by atoms with E-state index in [1.54, 1.807) is 36.4 Å². The molecule has 0 aliphatic heterocycles. The third-order valence-corrected chi connectivity index (χ3v) is 2.70. The lowest BCUT2D eigenvalue weighted by Gasteiger charge is -1.99. The van der Waals surface area contributed by atoms with E-state index in [1.165, 1.54) is 0 Å². The Hall–Kier alpha value is -2.75. The molecule has 2 aromatic rings. The van der Waals surface area contributed by atoms with Crippen LogP contribution in [0.3, 0.4) is 0 Å². The van der Waals surface area contributed by atoms with Crippen LogP contribution < -0.4 is 0 Å². The summed E-state index contributed by atoms with van der Waals surface area (Å²) in [6, 6.07) is 16.0. The molecule has 0 saturated heterocycles. The van der Waals surface area contributed by atoms with Crippen LogP contribution in [0.2, 0.25) is 0 Å². The number of hydrogen-bond acceptors (Lipinski definition) is 4. The monoisotopic (exact) mass is 266 g/mol. The lowest BCUT2D eigenvalue weighted by Crippen LogP contribution is -2.00. The normalized spacial score (nSPS) is 11.8. The van der Waals surface area contributed by atoms with Crippen molar-refractivity contribution in [3.8, 4) is 0 Å². The average molecular weight is 266 g/mol. The van der Waals surface area contributed by atoms with Crippen molar-refractivity contribution in [3.63, 3.8) is 0 Å². The number of aliphatic hydroxyl groups is 1. The lowest BCUT2D eigenvalue weighted by atomic mass is 10.1. The number of aliphatic hydroxyl groups excluding tert-OH is 1. The van der Waals surface area contributed by atoms with E-state index in [4.69, 9.17) is 5.11 Å². The van der Waals surface area contributed by atoms with Gasteiger partial charge in [-0.2, -0.15) is 5.11 Å². The van der Waals surface area contributed by atoms with E-state index in [0.717, 1.165) is 5.56 Å². The van der Waals surface area contributed by atoms with Gasteiger partial charge in [0.05, 0.1) is 5.69 Å². The molecule has 4 nitrogen and oxygen atoms in total. The molecular weight excluding hydrogens is 252 g/mol. The van der Waals surface area contributed by atoms with Gasteiger partial charge in [-0.05, 0) is 19.1 Å². The maximum Gasteiger partial charge on any atom is 0.216 e. The molecule has 100 valence electrons. The van der Waals surface area contributed by atoms with Gasteiger partial charge in [-0.3, -0.25) is 4.79 Å². The lowest BCUT2D eigenvalue weighted by molar-refractivity contribution is 0.102. The Morgan fingerprint density at radius 2 is 1.70 bits per heavy atom. The van der Waals surface area contributed by atoms with Crippen LogP contribution in [-0.2, 0) is 0 Å². The Morgan fingerprint density at radius 1 is 1.05 bits per heavy atom. The van der Waals surface area contributed by atoms with Gasteiger partial charge >= 0.3 is 0 Å². The van der Waals surface area contributed by atoms with E-state index >= 15 is 0 Å². The number of benzene rings is 2. The molecule has 2 rings (SSSR count). The third kappa shape index (κ3) is 3.38. The minimum Gasteiger partial charge on any atom is -0.513 e. The summed E-state index contributed by atoms with van der Waals surface area (Å²) < 4.78 is 0. The van der Waals surface area contributed by atoms with E-state index in [9.17, 15) is 4.79 Å². The van der Waals surface area contributed by atoms with Gasteiger partial charge in [-0.25, -0.2) is 0 Å². The van der Waals surface area contributed by atoms with E-state index in [1.807, 2.05) is 25.1 Å². The number of nitrogens with zero attached hydrogens (tertiary/aromatic N) is 2. The summed E-state index contributed by atoms with van der Waals surface area (Å²) in [5, 5.41) is 16.9. The Morgan fingerprint density at radius 3 is 2.30 bits per heavy atom. The van der Waals surface area contributed by atoms with Gasteiger partial charge in [0.1, 0.15) is 6.26 Å². The zero-order valence-electron chi connectivity index (χ0n) is 11.0. The van der Waals surface area contributed by atoms with Gasteiger partial charge in [0.15, 0.2) is 5.70 Å². The van der Waals surface area contributed by atoms with Crippen LogP contribution in [0.1, 0.15) is 15.9 Å². The van der Waals surface area contributed by atoms with Crippen molar-refractivity contribution in [1.29, 1.82) is 0 Å². The summed E-state index contributed by atoms with van der Waals surface area (Å²) in [5.74, 6) is -0.371. The molecule has 0 radical (unpaired) electrons. The van der Waals surface area contributed by atoms with Crippen LogP contribution in [-0.4, -0.2) is 10.9 Å². The van der Waals surface area contributed by atoms with Crippen LogP contribution in [0.4, 0.5) is 5.69 Å². The highest BCUT2D eigenvalue weighted by Gasteiger charge is 2.11. The molecule has 20 heavy (non-hydrogen) atoms. The number of ketones is 1. The fourth-order valence-electron chi connectivity index (χ4n) is 1.59. The standard InChI is InChI=1S/C16H14N2O2/c1-12-7-9-14(10-8-12)17-18-15(11-19)16(20)13-5-3-2-4-6-13/h2-11,19H,1H3. The number of Topliss-reactive ketones (excluding diaryl/α,β-unsaturated/α-hetero) is 1. The van der Waals surface area contributed by atoms with Crippen molar-refractivity contribution in [2.24, 2.45) is 10.2 Å². The topological polar surface area (TPSA) is 62.0 Å². The summed E-state index contributed by atoms with van der Waals surface area (Å²) in [6.07, 6.45) is 0.674. The van der Waals surface area contributed by atoms with Gasteiger partial charge < -0.3 is 5.11 Å². The summed E-state index contributed by atoms with van der Waals surface area (Å²) in [5.41, 5.74) is 2.09. The molecule has 1 N–H and O–H groups in total. The van der Waals surface area contributed by atoms with Crippen molar-refractivity contribution < 1.29 is 9.90 Å². The minimum atomic E-state index is -0.371. The molecule has 0 bridgehead atoms. The van der Waals surface area contributed by atoms with Crippen molar-refractivity contribution in [3.05, 3.63) is 77.7 Å². The third-order valence-electron chi connectivity index (χ3n) is 2.70. The molecule has 2 aromatic carbocycles. The summed E-state index contributed by atoms with van der Waals surface area (Å²) in [6.45, 7) is 1.97. The number of azo groups is 1. The van der Waals surface area contributed by atoms with Gasteiger partial charge in [-0.1, -0.05) is 48.0 Å². The van der Waals surface area contributed by atoms with E-state index in [-0.39, 0.29) is 11.5 Å². The Bertz CT molecular complexity index is 644. The summed E-state index contributed by atoms with van der Waals surface area (Å²) >= 11 is 0. The van der Waals surface area contributed by atoms with E-state index < -0.39 is 0 Å². The maximum atomic E-state index is 12.1. The number of allylic oxidation sites excluding steroid dienone is 1. The fourth-order valence-corrected chi connectivity index (χ4v) is 1.59. The highest BCUT2D eigenvalue weighted by atomic mass is 16.2. The first-order chi connectivity index (χ1) is 9.70. The Balaban J connectivity index is 2.18. The second kappa shape index (κ2) is 6.43. The van der Waals surface area contributed by atoms with Crippen LogP contribution in [0, 0.1) is 6.92 Å². The molecule has 0 atom stereocenters. The highest BCUT2D eigenvalue weighted by molar-refractivity contribution is 6.08. The Labute approximate surface area is 117 Å². The molecule has 0 saturated carbocycles. The first-order valence-electron chi connectivity index (χ1n) is 6.13. The minimum absolute atomic E-state index is 0.100. The van der Waals surface area contributed by atoms with Gasteiger partial charge in [0.25, 0.3) is 0 Å². The van der Waals surface area contributed by atoms with Crippen molar-refractivity contribution >= 4 is 11.5 Å². The fraction of sp³-hybridized carbons (Fsp3) is 0.0625. The van der Waals surface area contributed by atoms with Crippen molar-refractivity contribution in [2.45, 2.75) is 6.92 Å². The summed E-state index contributed by atoms with van der Waals surface area (Å²) in [7, 11) is 0. The zero-order valence-corrected chi connectivity index (χ0v) is 11.0. The number of aryl methyl sites for hydroxylation is 1. The first kappa shape index (κ1) is 13.7. The highest BCUT2D eigenvalue weighted by Crippen LogP contribution is 2.16. The average Bonchev–Trinajstić information content (AvgIpc) is 2.50. The van der Waals surface area contributed by atoms with Crippen LogP contribution in [0.25, 0.3) is 0 Å². The SMILES string of the molecule is Cc1ccc(N=NC(=CO)C(=O)c2ccccc2)cc1. The van der Waals surface area contributed by atoms with Crippen molar-refractivity contribution in [1.82, 2.24) is 0 Å². The number of carbonyl (C=O) groups excluding carboxylic acids is 1. The van der Waals surface area contributed by atoms with E-state index in [0.29, 0.717) is 17.5 Å². The Kier molecular flexibility index (Phi) is 4.39. The van der Waals surface area contributed by atoms with Crippen molar-refractivity contribution in [2.75, 3.05) is 0 Å². The van der Waals surface area contributed by atoms with Gasteiger partial charge in [0.2, 0.25) is 5.78 Å². The molecule has 0 aromatic heterocycles. The number of rotatable bonds is 4. The molecule has 0 heterocycles. The predicted octanol–water partition coefficient (Wildman–Crippen LogP) is 4.36.